The predicted molar refractivity (Wildman–Crippen MR) is 113 cm³/mol. The molecule has 1 fully saturated rings. The summed E-state index contributed by atoms with van der Waals surface area (Å²) in [4.78, 5) is 36.8. The van der Waals surface area contributed by atoms with Gasteiger partial charge in [0, 0.05) is 23.7 Å². The second-order valence-corrected chi connectivity index (χ2v) is 7.59. The van der Waals surface area contributed by atoms with E-state index in [2.05, 4.69) is 10.6 Å². The van der Waals surface area contributed by atoms with Crippen molar-refractivity contribution in [1.82, 2.24) is 5.32 Å². The van der Waals surface area contributed by atoms with E-state index in [0.717, 1.165) is 32.1 Å². The van der Waals surface area contributed by atoms with Gasteiger partial charge in [-0.2, -0.15) is 0 Å². The maximum atomic E-state index is 13.7. The molecule has 3 rings (SSSR count). The van der Waals surface area contributed by atoms with Gasteiger partial charge in [0.05, 0.1) is 12.8 Å². The molecule has 2 aromatic carbocycles. The van der Waals surface area contributed by atoms with E-state index in [0.29, 0.717) is 12.1 Å². The van der Waals surface area contributed by atoms with Gasteiger partial charge in [0.1, 0.15) is 5.82 Å². The van der Waals surface area contributed by atoms with Crippen molar-refractivity contribution in [3.05, 3.63) is 53.3 Å². The number of methoxy groups -OCH3 is 1. The average Bonchev–Trinajstić information content (AvgIpc) is 2.81. The number of ether oxygens (including phenoxy) is 2. The summed E-state index contributed by atoms with van der Waals surface area (Å²) in [5, 5.41) is 4.83. The Morgan fingerprint density at radius 3 is 2.33 bits per heavy atom. The van der Waals surface area contributed by atoms with Crippen LogP contribution in [0.5, 0.6) is 11.5 Å². The molecule has 1 aliphatic carbocycles. The standard InChI is InChI=1S/C23H23F3N2O5/c1-32-20-9-13(22(30)23(31)27-14-5-3-2-4-6-14)7-8-19(20)33-12-21(29)28-18-11-16(25)15(24)10-17(18)26/h7-11,14H,2-6,12H2,1H3,(H,27,31)(H,28,29). The number of carbonyl (C=O) groups excluding carboxylic acids is 3. The van der Waals surface area contributed by atoms with Crippen molar-refractivity contribution in [2.45, 2.75) is 38.1 Å². The molecule has 1 saturated carbocycles. The monoisotopic (exact) mass is 464 g/mol. The number of halogens is 3. The average molecular weight is 464 g/mol. The Labute approximate surface area is 188 Å². The first kappa shape index (κ1) is 24.1. The molecule has 0 aromatic heterocycles. The SMILES string of the molecule is COc1cc(C(=O)C(=O)NC2CCCCC2)ccc1OCC(=O)Nc1cc(F)c(F)cc1F. The van der Waals surface area contributed by atoms with Crippen LogP contribution in [0.4, 0.5) is 18.9 Å². The lowest BCUT2D eigenvalue weighted by Crippen LogP contribution is -2.40. The summed E-state index contributed by atoms with van der Waals surface area (Å²) in [6, 6.07) is 4.83. The van der Waals surface area contributed by atoms with Gasteiger partial charge in [0.25, 0.3) is 11.8 Å². The van der Waals surface area contributed by atoms with E-state index >= 15 is 0 Å². The summed E-state index contributed by atoms with van der Waals surface area (Å²) in [7, 11) is 1.31. The van der Waals surface area contributed by atoms with E-state index < -0.39 is 47.3 Å². The topological polar surface area (TPSA) is 93.7 Å². The molecule has 0 spiro atoms. The van der Waals surface area contributed by atoms with Gasteiger partial charge in [-0.3, -0.25) is 14.4 Å². The zero-order valence-corrected chi connectivity index (χ0v) is 17.9. The molecule has 2 aromatic rings. The fourth-order valence-corrected chi connectivity index (χ4v) is 3.50. The fourth-order valence-electron chi connectivity index (χ4n) is 3.50. The summed E-state index contributed by atoms with van der Waals surface area (Å²) >= 11 is 0. The Balaban J connectivity index is 1.61. The van der Waals surface area contributed by atoms with E-state index in [4.69, 9.17) is 9.47 Å². The van der Waals surface area contributed by atoms with Gasteiger partial charge in [0.15, 0.2) is 29.7 Å². The van der Waals surface area contributed by atoms with Gasteiger partial charge in [-0.05, 0) is 31.0 Å². The normalized spacial score (nSPS) is 13.8. The van der Waals surface area contributed by atoms with Crippen molar-refractivity contribution in [2.24, 2.45) is 0 Å². The highest BCUT2D eigenvalue weighted by Crippen LogP contribution is 2.28. The Kier molecular flexibility index (Phi) is 7.92. The molecule has 0 bridgehead atoms. The molecule has 1 aliphatic rings. The van der Waals surface area contributed by atoms with Crippen LogP contribution >= 0.6 is 0 Å². The number of ketones is 1. The highest BCUT2D eigenvalue weighted by Gasteiger charge is 2.23. The van der Waals surface area contributed by atoms with Crippen LogP contribution in [0.3, 0.4) is 0 Å². The van der Waals surface area contributed by atoms with Crippen molar-refractivity contribution < 1.29 is 37.0 Å². The van der Waals surface area contributed by atoms with Crippen LogP contribution in [0.1, 0.15) is 42.5 Å². The number of benzene rings is 2. The van der Waals surface area contributed by atoms with E-state index in [1.54, 1.807) is 0 Å². The minimum absolute atomic E-state index is 0.0161. The molecule has 0 unspecified atom stereocenters. The van der Waals surface area contributed by atoms with Crippen molar-refractivity contribution in [3.63, 3.8) is 0 Å². The van der Waals surface area contributed by atoms with Gasteiger partial charge in [-0.15, -0.1) is 0 Å². The summed E-state index contributed by atoms with van der Waals surface area (Å²) < 4.78 is 50.4. The van der Waals surface area contributed by atoms with Gasteiger partial charge in [-0.1, -0.05) is 19.3 Å². The predicted octanol–water partition coefficient (Wildman–Crippen LogP) is 3.76. The first-order valence-corrected chi connectivity index (χ1v) is 10.4. The van der Waals surface area contributed by atoms with E-state index in [9.17, 15) is 27.6 Å². The number of anilines is 1. The summed E-state index contributed by atoms with van der Waals surface area (Å²) in [6.07, 6.45) is 4.81. The highest BCUT2D eigenvalue weighted by atomic mass is 19.2. The minimum Gasteiger partial charge on any atom is -0.493 e. The Bertz CT molecular complexity index is 1050. The third-order valence-corrected chi connectivity index (χ3v) is 5.22. The fraction of sp³-hybridized carbons (Fsp3) is 0.348. The van der Waals surface area contributed by atoms with Gasteiger partial charge in [0.2, 0.25) is 5.78 Å². The van der Waals surface area contributed by atoms with E-state index in [1.807, 2.05) is 0 Å². The van der Waals surface area contributed by atoms with Crippen LogP contribution in [-0.2, 0) is 9.59 Å². The van der Waals surface area contributed by atoms with E-state index in [1.165, 1.54) is 25.3 Å². The quantitative estimate of drug-likeness (QED) is 0.353. The number of carbonyl (C=O) groups is 3. The molecule has 0 atom stereocenters. The van der Waals surface area contributed by atoms with Crippen molar-refractivity contribution >= 4 is 23.3 Å². The largest absolute Gasteiger partial charge is 0.493 e. The molecule has 0 aliphatic heterocycles. The molecule has 0 heterocycles. The summed E-state index contributed by atoms with van der Waals surface area (Å²) in [6.45, 7) is -0.607. The van der Waals surface area contributed by atoms with Crippen molar-refractivity contribution in [1.29, 1.82) is 0 Å². The summed E-state index contributed by atoms with van der Waals surface area (Å²) in [5.74, 6) is -5.93. The second-order valence-electron chi connectivity index (χ2n) is 7.59. The molecule has 10 heteroatoms. The first-order chi connectivity index (χ1) is 15.8. The zero-order valence-electron chi connectivity index (χ0n) is 17.9. The third-order valence-electron chi connectivity index (χ3n) is 5.22. The van der Waals surface area contributed by atoms with Crippen LogP contribution in [-0.4, -0.2) is 37.4 Å². The maximum absolute atomic E-state index is 13.7. The third kappa shape index (κ3) is 6.24. The molecule has 0 saturated heterocycles. The number of hydrogen-bond acceptors (Lipinski definition) is 5. The van der Waals surface area contributed by atoms with Crippen LogP contribution in [0, 0.1) is 17.5 Å². The van der Waals surface area contributed by atoms with Crippen LogP contribution in [0.15, 0.2) is 30.3 Å². The van der Waals surface area contributed by atoms with Crippen LogP contribution in [0.2, 0.25) is 0 Å². The highest BCUT2D eigenvalue weighted by molar-refractivity contribution is 6.42. The Morgan fingerprint density at radius 1 is 0.939 bits per heavy atom. The number of hydrogen-bond donors (Lipinski definition) is 2. The lowest BCUT2D eigenvalue weighted by Gasteiger charge is -2.22. The Hall–Kier alpha value is -3.56. The molecular weight excluding hydrogens is 441 g/mol. The maximum Gasteiger partial charge on any atom is 0.292 e. The number of Topliss-reactive ketones (excluding diaryl/α,β-unsaturated/α-hetero) is 1. The second kappa shape index (κ2) is 10.8. The number of rotatable bonds is 8. The molecule has 0 radical (unpaired) electrons. The van der Waals surface area contributed by atoms with Crippen LogP contribution in [0.25, 0.3) is 0 Å². The van der Waals surface area contributed by atoms with E-state index in [-0.39, 0.29) is 23.1 Å². The van der Waals surface area contributed by atoms with Crippen LogP contribution < -0.4 is 20.1 Å². The molecule has 7 nitrogen and oxygen atoms in total. The van der Waals surface area contributed by atoms with Crippen molar-refractivity contribution in [3.8, 4) is 11.5 Å². The minimum atomic E-state index is -1.38. The number of amides is 2. The lowest BCUT2D eigenvalue weighted by atomic mass is 9.95. The van der Waals surface area contributed by atoms with Gasteiger partial charge >= 0.3 is 0 Å². The van der Waals surface area contributed by atoms with Gasteiger partial charge in [-0.25, -0.2) is 13.2 Å². The molecule has 2 N–H and O–H groups in total. The number of nitrogens with one attached hydrogen (secondary N) is 2. The molecular formula is C23H23F3N2O5. The zero-order chi connectivity index (χ0) is 24.0. The van der Waals surface area contributed by atoms with Crippen molar-refractivity contribution in [2.75, 3.05) is 19.0 Å². The molecule has 176 valence electrons. The molecule has 33 heavy (non-hydrogen) atoms. The lowest BCUT2D eigenvalue weighted by molar-refractivity contribution is -0.118. The Morgan fingerprint density at radius 2 is 1.64 bits per heavy atom. The molecule has 2 amide bonds. The van der Waals surface area contributed by atoms with Gasteiger partial charge < -0.3 is 20.1 Å². The summed E-state index contributed by atoms with van der Waals surface area (Å²) in [5.41, 5.74) is -0.458. The smallest absolute Gasteiger partial charge is 0.292 e. The first-order valence-electron chi connectivity index (χ1n) is 10.4.